The summed E-state index contributed by atoms with van der Waals surface area (Å²) in [5.41, 5.74) is 3.14. The summed E-state index contributed by atoms with van der Waals surface area (Å²) in [6, 6.07) is 10.9. The molecule has 0 radical (unpaired) electrons. The second-order valence-electron chi connectivity index (χ2n) is 4.92. The maximum Gasteiger partial charge on any atom is 0.126 e. The molecule has 0 aliphatic carbocycles. The van der Waals surface area contributed by atoms with Crippen LogP contribution in [-0.2, 0) is 5.88 Å². The maximum atomic E-state index is 13.5. The lowest BCUT2D eigenvalue weighted by Crippen LogP contribution is -2.00. The number of hydrogen-bond acceptors (Lipinski definition) is 2. The van der Waals surface area contributed by atoms with E-state index < -0.39 is 11.6 Å². The van der Waals surface area contributed by atoms with Crippen LogP contribution < -0.4 is 0 Å². The van der Waals surface area contributed by atoms with Gasteiger partial charge in [0, 0.05) is 11.6 Å². The molecule has 0 bridgehead atoms. The van der Waals surface area contributed by atoms with E-state index in [4.69, 9.17) is 11.6 Å². The highest BCUT2D eigenvalue weighted by molar-refractivity contribution is 6.17. The van der Waals surface area contributed by atoms with Crippen LogP contribution in [0.15, 0.2) is 42.5 Å². The Morgan fingerprint density at radius 3 is 2.27 bits per heavy atom. The second-order valence-corrected chi connectivity index (χ2v) is 5.19. The van der Waals surface area contributed by atoms with Crippen LogP contribution in [0.2, 0.25) is 0 Å². The fraction of sp³-hybridized carbons (Fsp3) is 0.125. The first-order valence-electron chi connectivity index (χ1n) is 6.62. The van der Waals surface area contributed by atoms with Crippen molar-refractivity contribution in [3.63, 3.8) is 0 Å². The third kappa shape index (κ3) is 2.72. The number of aromatic nitrogens is 3. The molecule has 0 saturated carbocycles. The molecule has 0 N–H and O–H groups in total. The highest BCUT2D eigenvalue weighted by Crippen LogP contribution is 2.27. The molecule has 0 amide bonds. The third-order valence-electron chi connectivity index (χ3n) is 3.28. The fourth-order valence-corrected chi connectivity index (χ4v) is 2.43. The number of rotatable bonds is 3. The average molecular weight is 320 g/mol. The maximum absolute atomic E-state index is 13.5. The van der Waals surface area contributed by atoms with Crippen molar-refractivity contribution in [2.75, 3.05) is 0 Å². The molecule has 1 aromatic heterocycles. The highest BCUT2D eigenvalue weighted by atomic mass is 35.5. The Balaban J connectivity index is 2.21. The molecule has 112 valence electrons. The average Bonchev–Trinajstić information content (AvgIpc) is 2.91. The molecule has 0 atom stereocenters. The summed E-state index contributed by atoms with van der Waals surface area (Å²) in [7, 11) is 0. The first kappa shape index (κ1) is 14.7. The number of aryl methyl sites for hydroxylation is 1. The molecule has 0 saturated heterocycles. The molecule has 22 heavy (non-hydrogen) atoms. The van der Waals surface area contributed by atoms with Gasteiger partial charge < -0.3 is 0 Å². The molecule has 3 nitrogen and oxygen atoms in total. The van der Waals surface area contributed by atoms with E-state index in [-0.39, 0.29) is 5.88 Å². The first-order valence-corrected chi connectivity index (χ1v) is 7.16. The summed E-state index contributed by atoms with van der Waals surface area (Å²) in [4.78, 5) is 0. The first-order chi connectivity index (χ1) is 10.6. The summed E-state index contributed by atoms with van der Waals surface area (Å²) in [6.07, 6.45) is 0. The largest absolute Gasteiger partial charge is 0.213 e. The van der Waals surface area contributed by atoms with Crippen molar-refractivity contribution in [2.24, 2.45) is 0 Å². The van der Waals surface area contributed by atoms with Gasteiger partial charge in [0.1, 0.15) is 17.3 Å². The summed E-state index contributed by atoms with van der Waals surface area (Å²) in [5.74, 6) is -1.22. The molecule has 0 spiro atoms. The van der Waals surface area contributed by atoms with Gasteiger partial charge in [0.05, 0.1) is 17.3 Å². The van der Waals surface area contributed by atoms with Crippen molar-refractivity contribution in [1.82, 2.24) is 15.0 Å². The van der Waals surface area contributed by atoms with Crippen LogP contribution in [0.3, 0.4) is 0 Å². The Kier molecular flexibility index (Phi) is 3.90. The Bertz CT molecular complexity index is 793. The van der Waals surface area contributed by atoms with E-state index in [1.165, 1.54) is 16.8 Å². The van der Waals surface area contributed by atoms with Crippen molar-refractivity contribution >= 4 is 11.6 Å². The van der Waals surface area contributed by atoms with Crippen LogP contribution in [0.25, 0.3) is 16.9 Å². The van der Waals surface area contributed by atoms with Crippen LogP contribution in [0, 0.1) is 18.6 Å². The van der Waals surface area contributed by atoms with E-state index >= 15 is 0 Å². The van der Waals surface area contributed by atoms with Gasteiger partial charge in [0.15, 0.2) is 0 Å². The molecule has 1 heterocycles. The third-order valence-corrected chi connectivity index (χ3v) is 3.53. The van der Waals surface area contributed by atoms with Crippen LogP contribution in [0.5, 0.6) is 0 Å². The minimum Gasteiger partial charge on any atom is -0.213 e. The minimum absolute atomic E-state index is 0.0966. The van der Waals surface area contributed by atoms with Gasteiger partial charge in [-0.05, 0) is 31.2 Å². The number of alkyl halides is 1. The van der Waals surface area contributed by atoms with Gasteiger partial charge in [-0.1, -0.05) is 22.9 Å². The molecular formula is C16H12ClF2N3. The summed E-state index contributed by atoms with van der Waals surface area (Å²) < 4.78 is 28.6. The molecular weight excluding hydrogens is 308 g/mol. The zero-order chi connectivity index (χ0) is 15.7. The van der Waals surface area contributed by atoms with Crippen LogP contribution in [0.4, 0.5) is 8.78 Å². The van der Waals surface area contributed by atoms with Crippen molar-refractivity contribution in [2.45, 2.75) is 12.8 Å². The van der Waals surface area contributed by atoms with Crippen LogP contribution >= 0.6 is 11.6 Å². The lowest BCUT2D eigenvalue weighted by Gasteiger charge is -2.08. The van der Waals surface area contributed by atoms with Gasteiger partial charge in [-0.3, -0.25) is 0 Å². The molecule has 0 unspecified atom stereocenters. The molecule has 0 fully saturated rings. The zero-order valence-electron chi connectivity index (χ0n) is 11.7. The quantitative estimate of drug-likeness (QED) is 0.675. The Morgan fingerprint density at radius 2 is 1.68 bits per heavy atom. The number of halogens is 3. The lowest BCUT2D eigenvalue weighted by molar-refractivity contribution is 0.584. The molecule has 0 aliphatic rings. The van der Waals surface area contributed by atoms with Crippen LogP contribution in [0.1, 0.15) is 11.3 Å². The molecule has 3 aromatic rings. The van der Waals surface area contributed by atoms with Crippen molar-refractivity contribution in [3.8, 4) is 16.9 Å². The van der Waals surface area contributed by atoms with Crippen molar-refractivity contribution in [1.29, 1.82) is 0 Å². The van der Waals surface area contributed by atoms with Gasteiger partial charge in [-0.2, -0.15) is 0 Å². The summed E-state index contributed by atoms with van der Waals surface area (Å²) in [5, 5.41) is 8.07. The molecule has 3 rings (SSSR count). The molecule has 2 aromatic carbocycles. The standard InChI is InChI=1S/C16H12ClF2N3/c1-10-2-4-14(5-3-10)22-16(15(9-17)20-21-22)11-6-12(18)8-13(19)7-11/h2-8H,9H2,1H3. The SMILES string of the molecule is Cc1ccc(-n2nnc(CCl)c2-c2cc(F)cc(F)c2)cc1. The van der Waals surface area contributed by atoms with E-state index in [0.29, 0.717) is 17.0 Å². The van der Waals surface area contributed by atoms with Gasteiger partial charge in [-0.25, -0.2) is 13.5 Å². The smallest absolute Gasteiger partial charge is 0.126 e. The second kappa shape index (κ2) is 5.85. The zero-order valence-corrected chi connectivity index (χ0v) is 12.5. The van der Waals surface area contributed by atoms with E-state index in [2.05, 4.69) is 10.3 Å². The normalized spacial score (nSPS) is 10.9. The Morgan fingerprint density at radius 1 is 1.05 bits per heavy atom. The van der Waals surface area contributed by atoms with Gasteiger partial charge >= 0.3 is 0 Å². The highest BCUT2D eigenvalue weighted by Gasteiger charge is 2.17. The number of hydrogen-bond donors (Lipinski definition) is 0. The molecule has 6 heteroatoms. The lowest BCUT2D eigenvalue weighted by atomic mass is 10.1. The topological polar surface area (TPSA) is 30.7 Å². The van der Waals surface area contributed by atoms with E-state index in [9.17, 15) is 8.78 Å². The predicted molar refractivity (Wildman–Crippen MR) is 81.0 cm³/mol. The number of benzene rings is 2. The molecule has 0 aliphatic heterocycles. The Labute approximate surface area is 131 Å². The summed E-state index contributed by atoms with van der Waals surface area (Å²) in [6.45, 7) is 1.97. The van der Waals surface area contributed by atoms with E-state index in [0.717, 1.165) is 17.3 Å². The van der Waals surface area contributed by atoms with Crippen molar-refractivity contribution < 1.29 is 8.78 Å². The van der Waals surface area contributed by atoms with Gasteiger partial charge in [0.2, 0.25) is 0 Å². The number of nitrogens with zero attached hydrogens (tertiary/aromatic N) is 3. The van der Waals surface area contributed by atoms with Crippen molar-refractivity contribution in [3.05, 3.63) is 65.4 Å². The minimum atomic E-state index is -0.660. The van der Waals surface area contributed by atoms with E-state index in [1.54, 1.807) is 0 Å². The fourth-order valence-electron chi connectivity index (χ4n) is 2.25. The van der Waals surface area contributed by atoms with Crippen LogP contribution in [-0.4, -0.2) is 15.0 Å². The Hall–Kier alpha value is -2.27. The van der Waals surface area contributed by atoms with E-state index in [1.807, 2.05) is 31.2 Å². The van der Waals surface area contributed by atoms with Gasteiger partial charge in [-0.15, -0.1) is 16.7 Å². The van der Waals surface area contributed by atoms with Gasteiger partial charge in [0.25, 0.3) is 0 Å². The monoisotopic (exact) mass is 319 g/mol. The predicted octanol–water partition coefficient (Wildman–Crippen LogP) is 4.26. The summed E-state index contributed by atoms with van der Waals surface area (Å²) >= 11 is 5.88.